The van der Waals surface area contributed by atoms with Gasteiger partial charge in [-0.25, -0.2) is 8.78 Å². The van der Waals surface area contributed by atoms with E-state index in [1.807, 2.05) is 0 Å². The smallest absolute Gasteiger partial charge is 0.165 e. The average Bonchev–Trinajstić information content (AvgIpc) is 1.80. The SMILES string of the molecule is Oc1[c]c(F)ccc1F. The van der Waals surface area contributed by atoms with E-state index in [4.69, 9.17) is 5.11 Å². The molecule has 0 aromatic heterocycles. The number of aromatic hydroxyl groups is 1. The van der Waals surface area contributed by atoms with Crippen LogP contribution in [0.1, 0.15) is 0 Å². The van der Waals surface area contributed by atoms with E-state index in [2.05, 4.69) is 0 Å². The van der Waals surface area contributed by atoms with Crippen molar-refractivity contribution in [1.29, 1.82) is 0 Å². The van der Waals surface area contributed by atoms with Crippen molar-refractivity contribution in [2.24, 2.45) is 0 Å². The Morgan fingerprint density at radius 1 is 1.33 bits per heavy atom. The van der Waals surface area contributed by atoms with Gasteiger partial charge < -0.3 is 5.11 Å². The van der Waals surface area contributed by atoms with E-state index in [9.17, 15) is 8.78 Å². The highest BCUT2D eigenvalue weighted by molar-refractivity contribution is 5.21. The molecule has 0 atom stereocenters. The first-order chi connectivity index (χ1) is 4.20. The summed E-state index contributed by atoms with van der Waals surface area (Å²) >= 11 is 0. The Labute approximate surface area is 50.6 Å². The molecular formula is C6H3F2O. The number of hydrogen-bond donors (Lipinski definition) is 1. The third-order valence-corrected chi connectivity index (χ3v) is 0.840. The Balaban J connectivity index is 3.17. The number of halogens is 2. The predicted molar refractivity (Wildman–Crippen MR) is 26.9 cm³/mol. The predicted octanol–water partition coefficient (Wildman–Crippen LogP) is 1.47. The molecule has 0 amide bonds. The van der Waals surface area contributed by atoms with Crippen LogP contribution in [0.3, 0.4) is 0 Å². The quantitative estimate of drug-likeness (QED) is 0.562. The molecule has 1 radical (unpaired) electrons. The summed E-state index contributed by atoms with van der Waals surface area (Å²) in [6.07, 6.45) is 0. The lowest BCUT2D eigenvalue weighted by atomic mass is 10.3. The van der Waals surface area contributed by atoms with Gasteiger partial charge in [-0.1, -0.05) is 0 Å². The van der Waals surface area contributed by atoms with E-state index in [1.54, 1.807) is 6.07 Å². The van der Waals surface area contributed by atoms with Crippen molar-refractivity contribution >= 4 is 0 Å². The Hall–Kier alpha value is -1.12. The fourth-order valence-electron chi connectivity index (χ4n) is 0.440. The maximum atomic E-state index is 12.1. The second-order valence-electron chi connectivity index (χ2n) is 1.50. The van der Waals surface area contributed by atoms with Gasteiger partial charge in [0, 0.05) is 0 Å². The molecule has 0 bridgehead atoms. The number of rotatable bonds is 0. The van der Waals surface area contributed by atoms with Gasteiger partial charge in [0.1, 0.15) is 5.82 Å². The average molecular weight is 129 g/mol. The molecule has 9 heavy (non-hydrogen) atoms. The Morgan fingerprint density at radius 2 is 2.00 bits per heavy atom. The first kappa shape index (κ1) is 6.01. The van der Waals surface area contributed by atoms with Crippen LogP contribution >= 0.6 is 0 Å². The van der Waals surface area contributed by atoms with Crippen LogP contribution in [0.25, 0.3) is 0 Å². The van der Waals surface area contributed by atoms with Gasteiger partial charge in [-0.05, 0) is 12.1 Å². The molecule has 3 heteroatoms. The molecule has 0 aliphatic heterocycles. The van der Waals surface area contributed by atoms with E-state index in [0.29, 0.717) is 0 Å². The maximum absolute atomic E-state index is 12.1. The molecule has 1 N–H and O–H groups in total. The van der Waals surface area contributed by atoms with Gasteiger partial charge in [0.25, 0.3) is 0 Å². The van der Waals surface area contributed by atoms with Gasteiger partial charge in [-0.2, -0.15) is 0 Å². The van der Waals surface area contributed by atoms with E-state index in [-0.39, 0.29) is 0 Å². The molecule has 0 spiro atoms. The topological polar surface area (TPSA) is 20.2 Å². The van der Waals surface area contributed by atoms with Crippen LogP contribution in [-0.2, 0) is 0 Å². The molecule has 1 rings (SSSR count). The van der Waals surface area contributed by atoms with Crippen molar-refractivity contribution in [3.63, 3.8) is 0 Å². The zero-order valence-electron chi connectivity index (χ0n) is 4.36. The van der Waals surface area contributed by atoms with Crippen molar-refractivity contribution in [3.8, 4) is 5.75 Å². The van der Waals surface area contributed by atoms with E-state index in [1.165, 1.54) is 0 Å². The molecule has 1 aromatic rings. The molecule has 0 aliphatic rings. The number of phenols is 1. The van der Waals surface area contributed by atoms with Crippen LogP contribution in [-0.4, -0.2) is 5.11 Å². The van der Waals surface area contributed by atoms with Gasteiger partial charge in [0.2, 0.25) is 0 Å². The van der Waals surface area contributed by atoms with E-state index < -0.39 is 17.4 Å². The molecule has 0 aliphatic carbocycles. The Kier molecular flexibility index (Phi) is 1.34. The molecule has 0 unspecified atom stereocenters. The Morgan fingerprint density at radius 3 is 2.44 bits per heavy atom. The highest BCUT2D eigenvalue weighted by Gasteiger charge is 1.99. The molecule has 1 nitrogen and oxygen atoms in total. The summed E-state index contributed by atoms with van der Waals surface area (Å²) in [5.41, 5.74) is 0. The van der Waals surface area contributed by atoms with Crippen molar-refractivity contribution in [3.05, 3.63) is 29.8 Å². The number of phenolic OH excluding ortho intramolecular Hbond substituents is 1. The third kappa shape index (κ3) is 1.16. The monoisotopic (exact) mass is 129 g/mol. The third-order valence-electron chi connectivity index (χ3n) is 0.840. The lowest BCUT2D eigenvalue weighted by molar-refractivity contribution is 0.425. The minimum absolute atomic E-state index is 0.770. The van der Waals surface area contributed by atoms with Crippen LogP contribution in [0.5, 0.6) is 5.75 Å². The molecule has 47 valence electrons. The zero-order valence-corrected chi connectivity index (χ0v) is 4.36. The summed E-state index contributed by atoms with van der Waals surface area (Å²) in [6.45, 7) is 0. The molecular weight excluding hydrogens is 126 g/mol. The van der Waals surface area contributed by atoms with Gasteiger partial charge in [-0.3, -0.25) is 0 Å². The van der Waals surface area contributed by atoms with E-state index >= 15 is 0 Å². The van der Waals surface area contributed by atoms with Crippen LogP contribution in [0.15, 0.2) is 12.1 Å². The van der Waals surface area contributed by atoms with Crippen LogP contribution < -0.4 is 0 Å². The lowest BCUT2D eigenvalue weighted by Crippen LogP contribution is -1.77. The maximum Gasteiger partial charge on any atom is 0.165 e. The molecule has 0 saturated carbocycles. The van der Waals surface area contributed by atoms with Crippen molar-refractivity contribution in [2.45, 2.75) is 0 Å². The van der Waals surface area contributed by atoms with Crippen molar-refractivity contribution in [1.82, 2.24) is 0 Å². The molecule has 0 saturated heterocycles. The van der Waals surface area contributed by atoms with Gasteiger partial charge in [0.05, 0.1) is 6.07 Å². The summed E-state index contributed by atoms with van der Waals surface area (Å²) in [7, 11) is 0. The van der Waals surface area contributed by atoms with Crippen molar-refractivity contribution < 1.29 is 13.9 Å². The fourth-order valence-corrected chi connectivity index (χ4v) is 0.440. The fraction of sp³-hybridized carbons (Fsp3) is 0. The number of hydrogen-bond acceptors (Lipinski definition) is 1. The first-order valence-electron chi connectivity index (χ1n) is 2.26. The van der Waals surface area contributed by atoms with Gasteiger partial charge >= 0.3 is 0 Å². The summed E-state index contributed by atoms with van der Waals surface area (Å²) < 4.78 is 24.0. The second-order valence-corrected chi connectivity index (χ2v) is 1.50. The van der Waals surface area contributed by atoms with Crippen molar-refractivity contribution in [2.75, 3.05) is 0 Å². The Bertz CT molecular complexity index is 222. The van der Waals surface area contributed by atoms with Gasteiger partial charge in [-0.15, -0.1) is 0 Å². The van der Waals surface area contributed by atoms with E-state index in [0.717, 1.165) is 12.1 Å². The zero-order chi connectivity index (χ0) is 6.85. The summed E-state index contributed by atoms with van der Waals surface area (Å²) in [4.78, 5) is 0. The lowest BCUT2D eigenvalue weighted by Gasteiger charge is -1.90. The highest BCUT2D eigenvalue weighted by atomic mass is 19.1. The minimum atomic E-state index is -0.864. The van der Waals surface area contributed by atoms with Crippen LogP contribution in [0.2, 0.25) is 0 Å². The summed E-state index contributed by atoms with van der Waals surface area (Å²) in [6, 6.07) is 3.47. The molecule has 0 fully saturated rings. The summed E-state index contributed by atoms with van der Waals surface area (Å²) in [5, 5.41) is 8.43. The van der Waals surface area contributed by atoms with Gasteiger partial charge in [0.15, 0.2) is 11.6 Å². The normalized spacial score (nSPS) is 9.56. The number of benzene rings is 1. The molecule has 1 aromatic carbocycles. The highest BCUT2D eigenvalue weighted by Crippen LogP contribution is 2.13. The summed E-state index contributed by atoms with van der Waals surface area (Å²) in [5.74, 6) is -2.42. The first-order valence-corrected chi connectivity index (χ1v) is 2.26. The largest absolute Gasteiger partial charge is 0.504 e. The minimum Gasteiger partial charge on any atom is -0.504 e. The standard InChI is InChI=1S/C6H3F2O/c7-4-1-2-5(8)6(9)3-4/h1-2,9H. The van der Waals surface area contributed by atoms with Crippen LogP contribution in [0.4, 0.5) is 8.78 Å². The molecule has 0 heterocycles. The van der Waals surface area contributed by atoms with Crippen LogP contribution in [0, 0.1) is 17.7 Å². The second kappa shape index (κ2) is 2.01.